The lowest BCUT2D eigenvalue weighted by atomic mass is 10.1. The van der Waals surface area contributed by atoms with E-state index >= 15 is 0 Å². The summed E-state index contributed by atoms with van der Waals surface area (Å²) in [6.45, 7) is 6.93. The summed E-state index contributed by atoms with van der Waals surface area (Å²) >= 11 is 0. The first-order valence-corrected chi connectivity index (χ1v) is 7.46. The molecule has 5 heteroatoms. The summed E-state index contributed by atoms with van der Waals surface area (Å²) < 4.78 is 12.9. The van der Waals surface area contributed by atoms with Gasteiger partial charge in [0.25, 0.3) is 0 Å². The van der Waals surface area contributed by atoms with Gasteiger partial charge < -0.3 is 10.0 Å². The molecule has 1 aliphatic rings. The summed E-state index contributed by atoms with van der Waals surface area (Å²) in [5.41, 5.74) is 1.11. The molecule has 1 aromatic rings. The molecule has 1 heterocycles. The van der Waals surface area contributed by atoms with Crippen molar-refractivity contribution in [2.45, 2.75) is 19.9 Å². The van der Waals surface area contributed by atoms with Crippen LogP contribution in [0.1, 0.15) is 18.9 Å². The summed E-state index contributed by atoms with van der Waals surface area (Å²) in [6.07, 6.45) is 1.04. The molecule has 0 radical (unpaired) electrons. The van der Waals surface area contributed by atoms with Crippen LogP contribution < -0.4 is 0 Å². The van der Waals surface area contributed by atoms with Crippen molar-refractivity contribution >= 4 is 5.97 Å². The third-order valence-corrected chi connectivity index (χ3v) is 3.95. The number of hydrogen-bond donors (Lipinski definition) is 1. The zero-order chi connectivity index (χ0) is 15.2. The Labute approximate surface area is 125 Å². The Bertz CT molecular complexity index is 464. The molecule has 116 valence electrons. The van der Waals surface area contributed by atoms with Crippen molar-refractivity contribution < 1.29 is 14.3 Å². The summed E-state index contributed by atoms with van der Waals surface area (Å²) in [4.78, 5) is 15.5. The monoisotopic (exact) mass is 294 g/mol. The van der Waals surface area contributed by atoms with E-state index in [0.29, 0.717) is 6.54 Å². The van der Waals surface area contributed by atoms with E-state index in [1.54, 1.807) is 6.92 Å². The number of rotatable bonds is 5. The lowest BCUT2D eigenvalue weighted by Gasteiger charge is -2.23. The molecular formula is C16H23FN2O2. The second kappa shape index (κ2) is 7.52. The number of carboxylic acids is 1. The Morgan fingerprint density at radius 3 is 2.48 bits per heavy atom. The Morgan fingerprint density at radius 1 is 1.19 bits per heavy atom. The van der Waals surface area contributed by atoms with Gasteiger partial charge in [-0.2, -0.15) is 0 Å². The summed E-state index contributed by atoms with van der Waals surface area (Å²) in [5.74, 6) is -1.26. The molecule has 1 saturated heterocycles. The molecule has 0 amide bonds. The van der Waals surface area contributed by atoms with Crippen molar-refractivity contribution in [1.82, 2.24) is 9.80 Å². The SMILES string of the molecule is CC(CN1CCCN(Cc2ccc(F)cc2)CC1)C(=O)O. The maximum atomic E-state index is 12.9. The molecule has 1 aromatic carbocycles. The van der Waals surface area contributed by atoms with E-state index in [1.807, 2.05) is 12.1 Å². The second-order valence-electron chi connectivity index (χ2n) is 5.80. The summed E-state index contributed by atoms with van der Waals surface area (Å²) in [5, 5.41) is 8.98. The van der Waals surface area contributed by atoms with Crippen molar-refractivity contribution in [2.75, 3.05) is 32.7 Å². The molecule has 0 spiro atoms. The number of aliphatic carboxylic acids is 1. The zero-order valence-corrected chi connectivity index (χ0v) is 12.5. The number of carbonyl (C=O) groups is 1. The normalized spacial score (nSPS) is 19.1. The lowest BCUT2D eigenvalue weighted by molar-refractivity contribution is -0.141. The van der Waals surface area contributed by atoms with Gasteiger partial charge in [-0.1, -0.05) is 19.1 Å². The molecular weight excluding hydrogens is 271 g/mol. The van der Waals surface area contributed by atoms with Gasteiger partial charge in [0, 0.05) is 26.2 Å². The Kier molecular flexibility index (Phi) is 5.70. The minimum absolute atomic E-state index is 0.205. The fourth-order valence-corrected chi connectivity index (χ4v) is 2.68. The molecule has 4 nitrogen and oxygen atoms in total. The third kappa shape index (κ3) is 5.10. The Balaban J connectivity index is 1.83. The van der Waals surface area contributed by atoms with Crippen molar-refractivity contribution in [3.63, 3.8) is 0 Å². The van der Waals surface area contributed by atoms with Crippen LogP contribution in [0.5, 0.6) is 0 Å². The predicted octanol–water partition coefficient (Wildman–Crippen LogP) is 2.05. The van der Waals surface area contributed by atoms with E-state index < -0.39 is 5.97 Å². The smallest absolute Gasteiger partial charge is 0.307 e. The van der Waals surface area contributed by atoms with Gasteiger partial charge in [0.1, 0.15) is 5.82 Å². The standard InChI is InChI=1S/C16H23FN2O2/c1-13(16(20)21)11-18-7-2-8-19(10-9-18)12-14-3-5-15(17)6-4-14/h3-6,13H,2,7-12H2,1H3,(H,20,21). The molecule has 21 heavy (non-hydrogen) atoms. The first-order valence-electron chi connectivity index (χ1n) is 7.46. The van der Waals surface area contributed by atoms with E-state index in [4.69, 9.17) is 5.11 Å². The highest BCUT2D eigenvalue weighted by atomic mass is 19.1. The second-order valence-corrected chi connectivity index (χ2v) is 5.80. The van der Waals surface area contributed by atoms with Gasteiger partial charge in [-0.05, 0) is 37.2 Å². The van der Waals surface area contributed by atoms with Crippen LogP contribution in [0.2, 0.25) is 0 Å². The summed E-state index contributed by atoms with van der Waals surface area (Å²) in [7, 11) is 0. The van der Waals surface area contributed by atoms with Gasteiger partial charge in [-0.3, -0.25) is 9.69 Å². The van der Waals surface area contributed by atoms with Gasteiger partial charge in [-0.15, -0.1) is 0 Å². The highest BCUT2D eigenvalue weighted by molar-refractivity contribution is 5.69. The molecule has 0 aromatic heterocycles. The zero-order valence-electron chi connectivity index (χ0n) is 12.5. The number of nitrogens with zero attached hydrogens (tertiary/aromatic N) is 2. The first-order chi connectivity index (χ1) is 10.0. The van der Waals surface area contributed by atoms with E-state index in [9.17, 15) is 9.18 Å². The van der Waals surface area contributed by atoms with Crippen LogP contribution in [0.15, 0.2) is 24.3 Å². The maximum absolute atomic E-state index is 12.9. The van der Waals surface area contributed by atoms with E-state index in [-0.39, 0.29) is 11.7 Å². The highest BCUT2D eigenvalue weighted by Gasteiger charge is 2.19. The largest absolute Gasteiger partial charge is 0.481 e. The number of carboxylic acid groups (broad SMARTS) is 1. The minimum atomic E-state index is -0.734. The molecule has 0 saturated carbocycles. The number of hydrogen-bond acceptors (Lipinski definition) is 3. The van der Waals surface area contributed by atoms with E-state index in [2.05, 4.69) is 9.80 Å². The molecule has 1 aliphatic heterocycles. The minimum Gasteiger partial charge on any atom is -0.481 e. The molecule has 1 atom stereocenters. The van der Waals surface area contributed by atoms with Gasteiger partial charge in [0.05, 0.1) is 5.92 Å². The topological polar surface area (TPSA) is 43.8 Å². The van der Waals surface area contributed by atoms with Crippen LogP contribution >= 0.6 is 0 Å². The van der Waals surface area contributed by atoms with Gasteiger partial charge in [-0.25, -0.2) is 4.39 Å². The van der Waals surface area contributed by atoms with Crippen LogP contribution in [0.4, 0.5) is 4.39 Å². The fraction of sp³-hybridized carbons (Fsp3) is 0.562. The first kappa shape index (κ1) is 15.9. The van der Waals surface area contributed by atoms with Gasteiger partial charge in [0.15, 0.2) is 0 Å². The Morgan fingerprint density at radius 2 is 1.81 bits per heavy atom. The molecule has 1 fully saturated rings. The summed E-state index contributed by atoms with van der Waals surface area (Å²) in [6, 6.07) is 6.64. The van der Waals surface area contributed by atoms with E-state index in [1.165, 1.54) is 12.1 Å². The van der Waals surface area contributed by atoms with Gasteiger partial charge in [0.2, 0.25) is 0 Å². The fourth-order valence-electron chi connectivity index (χ4n) is 2.68. The average Bonchev–Trinajstić information content (AvgIpc) is 2.67. The third-order valence-electron chi connectivity index (χ3n) is 3.95. The van der Waals surface area contributed by atoms with Crippen molar-refractivity contribution in [3.8, 4) is 0 Å². The molecule has 2 rings (SSSR count). The van der Waals surface area contributed by atoms with Crippen molar-refractivity contribution in [3.05, 3.63) is 35.6 Å². The number of halogens is 1. The average molecular weight is 294 g/mol. The highest BCUT2D eigenvalue weighted by Crippen LogP contribution is 2.11. The molecule has 1 unspecified atom stereocenters. The molecule has 1 N–H and O–H groups in total. The van der Waals surface area contributed by atoms with Crippen LogP contribution in [0.3, 0.4) is 0 Å². The molecule has 0 aliphatic carbocycles. The van der Waals surface area contributed by atoms with Crippen molar-refractivity contribution in [1.29, 1.82) is 0 Å². The quantitative estimate of drug-likeness (QED) is 0.903. The van der Waals surface area contributed by atoms with Crippen LogP contribution in [0.25, 0.3) is 0 Å². The number of benzene rings is 1. The lowest BCUT2D eigenvalue weighted by Crippen LogP contribution is -2.35. The van der Waals surface area contributed by atoms with E-state index in [0.717, 1.165) is 44.7 Å². The molecule has 0 bridgehead atoms. The van der Waals surface area contributed by atoms with Crippen LogP contribution in [0, 0.1) is 11.7 Å². The predicted molar refractivity (Wildman–Crippen MR) is 79.5 cm³/mol. The van der Waals surface area contributed by atoms with Crippen LogP contribution in [-0.4, -0.2) is 53.6 Å². The Hall–Kier alpha value is -1.46. The van der Waals surface area contributed by atoms with Gasteiger partial charge >= 0.3 is 5.97 Å². The maximum Gasteiger partial charge on any atom is 0.307 e. The van der Waals surface area contributed by atoms with Crippen molar-refractivity contribution in [2.24, 2.45) is 5.92 Å². The van der Waals surface area contributed by atoms with Crippen LogP contribution in [-0.2, 0) is 11.3 Å².